The minimum absolute atomic E-state index is 0.494. The second-order valence-electron chi connectivity index (χ2n) is 3.82. The molecule has 0 fully saturated rings. The summed E-state index contributed by atoms with van der Waals surface area (Å²) in [6.07, 6.45) is 1.84. The molecule has 1 rings (SSSR count). The van der Waals surface area contributed by atoms with Gasteiger partial charge < -0.3 is 5.73 Å². The Kier molecular flexibility index (Phi) is 3.47. The van der Waals surface area contributed by atoms with Gasteiger partial charge in [0.05, 0.1) is 0 Å². The van der Waals surface area contributed by atoms with E-state index in [2.05, 4.69) is 10.2 Å². The quantitative estimate of drug-likeness (QED) is 0.830. The molecule has 1 heterocycles. The standard InChI is InChI=1S/C8H15N3O2S2/c1-8(2,15(3,12)13)7-11-10-6(14-7)4-5-9/h4-5,9H2,1-3H3. The topological polar surface area (TPSA) is 85.9 Å². The van der Waals surface area contributed by atoms with Crippen LogP contribution in [-0.2, 0) is 21.0 Å². The highest BCUT2D eigenvalue weighted by atomic mass is 32.2. The van der Waals surface area contributed by atoms with E-state index in [9.17, 15) is 8.42 Å². The molecule has 0 aromatic carbocycles. The predicted molar refractivity (Wildman–Crippen MR) is 60.5 cm³/mol. The van der Waals surface area contributed by atoms with Gasteiger partial charge in [-0.15, -0.1) is 10.2 Å². The van der Waals surface area contributed by atoms with Crippen LogP contribution < -0.4 is 5.73 Å². The number of nitrogens with zero attached hydrogens (tertiary/aromatic N) is 2. The molecule has 15 heavy (non-hydrogen) atoms. The lowest BCUT2D eigenvalue weighted by molar-refractivity contribution is 0.558. The molecule has 2 N–H and O–H groups in total. The summed E-state index contributed by atoms with van der Waals surface area (Å²) >= 11 is 1.31. The van der Waals surface area contributed by atoms with Crippen molar-refractivity contribution in [2.45, 2.75) is 25.0 Å². The molecule has 0 saturated carbocycles. The predicted octanol–water partition coefficient (Wildman–Crippen LogP) is 0.319. The van der Waals surface area contributed by atoms with Crippen molar-refractivity contribution in [2.75, 3.05) is 12.8 Å². The van der Waals surface area contributed by atoms with E-state index in [4.69, 9.17) is 5.73 Å². The largest absolute Gasteiger partial charge is 0.330 e. The Morgan fingerprint density at radius 3 is 2.47 bits per heavy atom. The van der Waals surface area contributed by atoms with E-state index in [0.29, 0.717) is 18.0 Å². The van der Waals surface area contributed by atoms with Gasteiger partial charge in [0.1, 0.15) is 14.8 Å². The maximum atomic E-state index is 11.5. The Morgan fingerprint density at radius 1 is 1.40 bits per heavy atom. The van der Waals surface area contributed by atoms with Crippen LogP contribution in [0.25, 0.3) is 0 Å². The van der Waals surface area contributed by atoms with Crippen LogP contribution in [0.5, 0.6) is 0 Å². The van der Waals surface area contributed by atoms with Crippen molar-refractivity contribution >= 4 is 21.2 Å². The molecule has 86 valence electrons. The van der Waals surface area contributed by atoms with E-state index in [-0.39, 0.29) is 0 Å². The SMILES string of the molecule is CC(C)(c1nnc(CCN)s1)S(C)(=O)=O. The van der Waals surface area contributed by atoms with Crippen LogP contribution in [0.2, 0.25) is 0 Å². The Bertz CT molecular complexity index is 436. The Balaban J connectivity index is 3.06. The number of nitrogens with two attached hydrogens (primary N) is 1. The van der Waals surface area contributed by atoms with E-state index < -0.39 is 14.6 Å². The zero-order valence-corrected chi connectivity index (χ0v) is 10.7. The molecule has 1 aromatic heterocycles. The average Bonchev–Trinajstić information content (AvgIpc) is 2.51. The molecular weight excluding hydrogens is 234 g/mol. The highest BCUT2D eigenvalue weighted by Gasteiger charge is 2.35. The summed E-state index contributed by atoms with van der Waals surface area (Å²) in [5.74, 6) is 0. The Labute approximate surface area is 93.6 Å². The molecule has 0 aliphatic carbocycles. The van der Waals surface area contributed by atoms with E-state index >= 15 is 0 Å². The molecule has 5 nitrogen and oxygen atoms in total. The van der Waals surface area contributed by atoms with Crippen LogP contribution in [0.3, 0.4) is 0 Å². The molecule has 0 atom stereocenters. The van der Waals surface area contributed by atoms with E-state index in [1.807, 2.05) is 0 Å². The lowest BCUT2D eigenvalue weighted by Gasteiger charge is -2.18. The van der Waals surface area contributed by atoms with Crippen molar-refractivity contribution in [1.29, 1.82) is 0 Å². The zero-order valence-electron chi connectivity index (χ0n) is 9.02. The van der Waals surface area contributed by atoms with Gasteiger partial charge in [0.25, 0.3) is 0 Å². The monoisotopic (exact) mass is 249 g/mol. The first kappa shape index (κ1) is 12.5. The fourth-order valence-corrected chi connectivity index (χ4v) is 2.67. The maximum absolute atomic E-state index is 11.5. The number of hydrogen-bond acceptors (Lipinski definition) is 6. The van der Waals surface area contributed by atoms with Gasteiger partial charge in [-0.2, -0.15) is 0 Å². The van der Waals surface area contributed by atoms with Gasteiger partial charge in [-0.25, -0.2) is 8.42 Å². The Hall–Kier alpha value is -0.530. The van der Waals surface area contributed by atoms with E-state index in [0.717, 1.165) is 5.01 Å². The van der Waals surface area contributed by atoms with Gasteiger partial charge >= 0.3 is 0 Å². The maximum Gasteiger partial charge on any atom is 0.159 e. The fourth-order valence-electron chi connectivity index (χ4n) is 0.880. The first-order chi connectivity index (χ1) is 6.79. The van der Waals surface area contributed by atoms with Gasteiger partial charge in [0.2, 0.25) is 0 Å². The molecule has 7 heteroatoms. The number of aromatic nitrogens is 2. The molecular formula is C8H15N3O2S2. The molecule has 0 unspecified atom stereocenters. The molecule has 0 saturated heterocycles. The zero-order chi connectivity index (χ0) is 11.7. The third kappa shape index (κ3) is 2.53. The van der Waals surface area contributed by atoms with E-state index in [1.165, 1.54) is 17.6 Å². The van der Waals surface area contributed by atoms with Crippen LogP contribution >= 0.6 is 11.3 Å². The lowest BCUT2D eigenvalue weighted by Crippen LogP contribution is -2.27. The third-order valence-electron chi connectivity index (χ3n) is 2.27. The second kappa shape index (κ2) is 4.15. The lowest BCUT2D eigenvalue weighted by atomic mass is 10.2. The molecule has 0 bridgehead atoms. The summed E-state index contributed by atoms with van der Waals surface area (Å²) in [7, 11) is -3.18. The first-order valence-electron chi connectivity index (χ1n) is 4.51. The average molecular weight is 249 g/mol. The van der Waals surface area contributed by atoms with Gasteiger partial charge in [0, 0.05) is 12.7 Å². The van der Waals surface area contributed by atoms with Crippen LogP contribution in [0.15, 0.2) is 0 Å². The minimum Gasteiger partial charge on any atom is -0.330 e. The van der Waals surface area contributed by atoms with Gasteiger partial charge in [0.15, 0.2) is 9.84 Å². The van der Waals surface area contributed by atoms with E-state index in [1.54, 1.807) is 13.8 Å². The van der Waals surface area contributed by atoms with Crippen LogP contribution in [0.1, 0.15) is 23.9 Å². The summed E-state index contributed by atoms with van der Waals surface area (Å²) in [5.41, 5.74) is 5.39. The second-order valence-corrected chi connectivity index (χ2v) is 7.45. The summed E-state index contributed by atoms with van der Waals surface area (Å²) in [6.45, 7) is 3.76. The van der Waals surface area contributed by atoms with Crippen molar-refractivity contribution in [1.82, 2.24) is 10.2 Å². The van der Waals surface area contributed by atoms with Gasteiger partial charge in [-0.1, -0.05) is 11.3 Å². The normalized spacial score (nSPS) is 13.1. The number of sulfone groups is 1. The summed E-state index contributed by atoms with van der Waals surface area (Å²) < 4.78 is 22.1. The summed E-state index contributed by atoms with van der Waals surface area (Å²) in [5, 5.41) is 9.12. The molecule has 0 radical (unpaired) electrons. The van der Waals surface area contributed by atoms with Crippen molar-refractivity contribution in [3.8, 4) is 0 Å². The fraction of sp³-hybridized carbons (Fsp3) is 0.750. The molecule has 1 aromatic rings. The highest BCUT2D eigenvalue weighted by molar-refractivity contribution is 7.91. The number of hydrogen-bond donors (Lipinski definition) is 1. The summed E-state index contributed by atoms with van der Waals surface area (Å²) in [6, 6.07) is 0. The highest BCUT2D eigenvalue weighted by Crippen LogP contribution is 2.31. The third-order valence-corrected chi connectivity index (χ3v) is 5.75. The molecule has 0 amide bonds. The minimum atomic E-state index is -3.18. The molecule has 0 aliphatic rings. The van der Waals surface area contributed by atoms with Crippen molar-refractivity contribution in [2.24, 2.45) is 5.73 Å². The van der Waals surface area contributed by atoms with Crippen molar-refractivity contribution < 1.29 is 8.42 Å². The summed E-state index contributed by atoms with van der Waals surface area (Å²) in [4.78, 5) is 0. The molecule has 0 spiro atoms. The number of rotatable bonds is 4. The van der Waals surface area contributed by atoms with Crippen molar-refractivity contribution in [3.05, 3.63) is 10.0 Å². The van der Waals surface area contributed by atoms with Crippen LogP contribution in [0.4, 0.5) is 0 Å². The molecule has 0 aliphatic heterocycles. The smallest absolute Gasteiger partial charge is 0.159 e. The van der Waals surface area contributed by atoms with Gasteiger partial charge in [-0.3, -0.25) is 0 Å². The Morgan fingerprint density at radius 2 is 2.00 bits per heavy atom. The van der Waals surface area contributed by atoms with Crippen LogP contribution in [0, 0.1) is 0 Å². The van der Waals surface area contributed by atoms with Crippen LogP contribution in [-0.4, -0.2) is 31.4 Å². The van der Waals surface area contributed by atoms with Gasteiger partial charge in [-0.05, 0) is 20.4 Å². The van der Waals surface area contributed by atoms with Crippen molar-refractivity contribution in [3.63, 3.8) is 0 Å². The first-order valence-corrected chi connectivity index (χ1v) is 7.22.